The van der Waals surface area contributed by atoms with Crippen molar-refractivity contribution in [2.75, 3.05) is 0 Å². The van der Waals surface area contributed by atoms with E-state index in [2.05, 4.69) is 79.7 Å². The lowest BCUT2D eigenvalue weighted by molar-refractivity contribution is 0.464. The van der Waals surface area contributed by atoms with E-state index < -0.39 is 7.15 Å². The molecule has 2 nitrogen and oxygen atoms in total. The van der Waals surface area contributed by atoms with E-state index in [4.69, 9.17) is 20.9 Å². The van der Waals surface area contributed by atoms with Crippen molar-refractivity contribution in [2.24, 2.45) is 0 Å². The van der Waals surface area contributed by atoms with Gasteiger partial charge in [-0.3, -0.25) is 0 Å². The molecule has 144 valence electrons. The van der Waals surface area contributed by atoms with E-state index in [9.17, 15) is 0 Å². The molecular weight excluding hydrogens is 371 g/mol. The van der Waals surface area contributed by atoms with E-state index in [1.54, 1.807) is 0 Å². The number of benzene rings is 2. The zero-order chi connectivity index (χ0) is 20.1. The zero-order valence-corrected chi connectivity index (χ0v) is 19.4. The van der Waals surface area contributed by atoms with E-state index in [1.807, 2.05) is 0 Å². The highest BCUT2D eigenvalue weighted by Gasteiger charge is 2.34. The summed E-state index contributed by atoms with van der Waals surface area (Å²) in [5.41, 5.74) is 7.26. The average molecular weight is 402 g/mol. The van der Waals surface area contributed by atoms with Gasteiger partial charge in [-0.2, -0.15) is 0 Å². The molecule has 0 spiro atoms. The first-order valence-electron chi connectivity index (χ1n) is 9.47. The van der Waals surface area contributed by atoms with Crippen molar-refractivity contribution in [1.29, 1.82) is 0 Å². The fraction of sp³-hybridized carbons (Fsp3) is 0.478. The van der Waals surface area contributed by atoms with Gasteiger partial charge in [0.05, 0.1) is 0 Å². The lowest BCUT2D eigenvalue weighted by Crippen LogP contribution is -2.17. The monoisotopic (exact) mass is 401 g/mol. The number of hydrogen-bond acceptors (Lipinski definition) is 3. The molecule has 0 amide bonds. The highest BCUT2D eigenvalue weighted by Crippen LogP contribution is 2.47. The van der Waals surface area contributed by atoms with E-state index in [-0.39, 0.29) is 10.8 Å². The predicted octanol–water partition coefficient (Wildman–Crippen LogP) is 7.03. The maximum Gasteiger partial charge on any atom is 0.627 e. The minimum Gasteiger partial charge on any atom is -0.243 e. The van der Waals surface area contributed by atoms with Crippen LogP contribution in [-0.2, 0) is 29.1 Å². The van der Waals surface area contributed by atoms with Crippen LogP contribution in [0.25, 0.3) is 0 Å². The lowest BCUT2D eigenvalue weighted by Gasteiger charge is -2.26. The fourth-order valence-corrected chi connectivity index (χ4v) is 4.88. The normalized spacial score (nSPS) is 14.4. The van der Waals surface area contributed by atoms with Crippen LogP contribution in [0.3, 0.4) is 0 Å². The summed E-state index contributed by atoms with van der Waals surface area (Å²) >= 11 is 5.64. The molecule has 27 heavy (non-hydrogen) atoms. The molecule has 0 atom stereocenters. The summed E-state index contributed by atoms with van der Waals surface area (Å²) in [4.78, 5) is 0. The van der Waals surface area contributed by atoms with Gasteiger partial charge < -0.3 is 0 Å². The van der Waals surface area contributed by atoms with E-state index in [0.717, 1.165) is 17.9 Å². The summed E-state index contributed by atoms with van der Waals surface area (Å²) in [5.74, 6) is 1.83. The van der Waals surface area contributed by atoms with Gasteiger partial charge in [0.1, 0.15) is 0 Å². The van der Waals surface area contributed by atoms with E-state index in [1.165, 1.54) is 33.4 Å². The molecule has 0 radical (unpaired) electrons. The molecule has 0 bridgehead atoms. The summed E-state index contributed by atoms with van der Waals surface area (Å²) < 4.78 is 12.5. The molecular formula is C23H30O2PS+. The van der Waals surface area contributed by atoms with Crippen LogP contribution in [0.4, 0.5) is 0 Å². The van der Waals surface area contributed by atoms with Crippen LogP contribution >= 0.6 is 7.15 Å². The summed E-state index contributed by atoms with van der Waals surface area (Å²) in [7, 11) is -1.47. The molecule has 0 aromatic heterocycles. The smallest absolute Gasteiger partial charge is 0.243 e. The third-order valence-electron chi connectivity index (χ3n) is 4.95. The topological polar surface area (TPSA) is 18.5 Å². The molecule has 1 heterocycles. The van der Waals surface area contributed by atoms with Crippen LogP contribution in [0.15, 0.2) is 24.3 Å². The first kappa shape index (κ1) is 20.3. The molecule has 1 aliphatic heterocycles. The van der Waals surface area contributed by atoms with Gasteiger partial charge in [0, 0.05) is 28.7 Å². The lowest BCUT2D eigenvalue weighted by atomic mass is 9.81. The second kappa shape index (κ2) is 6.87. The number of rotatable bonds is 0. The minimum atomic E-state index is -1.47. The quantitative estimate of drug-likeness (QED) is 0.441. The van der Waals surface area contributed by atoms with Crippen LogP contribution < -0.4 is 9.05 Å². The maximum absolute atomic E-state index is 6.26. The Morgan fingerprint density at radius 3 is 1.44 bits per heavy atom. The minimum absolute atomic E-state index is 0.0210. The van der Waals surface area contributed by atoms with Crippen molar-refractivity contribution < 1.29 is 9.05 Å². The van der Waals surface area contributed by atoms with Crippen LogP contribution in [0, 0.1) is 13.8 Å². The number of hydrogen-bond donors (Lipinski definition) is 0. The summed E-state index contributed by atoms with van der Waals surface area (Å²) in [6.45, 7) is 17.6. The number of fused-ring (bicyclic) bond motifs is 2. The predicted molar refractivity (Wildman–Crippen MR) is 118 cm³/mol. The molecule has 0 unspecified atom stereocenters. The molecule has 0 saturated carbocycles. The first-order valence-corrected chi connectivity index (χ1v) is 11.7. The molecule has 1 aliphatic rings. The fourth-order valence-electron chi connectivity index (χ4n) is 3.66. The van der Waals surface area contributed by atoms with Gasteiger partial charge in [0.15, 0.2) is 11.5 Å². The van der Waals surface area contributed by atoms with Gasteiger partial charge >= 0.3 is 7.15 Å². The Bertz CT molecular complexity index is 844. The molecule has 0 N–H and O–H groups in total. The summed E-state index contributed by atoms with van der Waals surface area (Å²) in [6.07, 6.45) is 0.790. The standard InChI is InChI=1S/C23H30O2PS/c1-14-9-16-13-17-10-15(2)12-19(23(6,7)8)21(17)25-26(27)24-20(16)18(11-14)22(3,4)5/h9-12H,13H2,1-8H3/q+1. The molecule has 3 rings (SSSR count). The van der Waals surface area contributed by atoms with Gasteiger partial charge in [0.2, 0.25) is 0 Å². The Kier molecular flexibility index (Phi) is 5.16. The van der Waals surface area contributed by atoms with E-state index in [0.29, 0.717) is 0 Å². The summed E-state index contributed by atoms with van der Waals surface area (Å²) in [6, 6.07) is 8.90. The molecule has 4 heteroatoms. The van der Waals surface area contributed by atoms with Crippen molar-refractivity contribution in [3.8, 4) is 11.5 Å². The molecule has 0 fully saturated rings. The number of aryl methyl sites for hydroxylation is 2. The van der Waals surface area contributed by atoms with E-state index >= 15 is 0 Å². The Balaban J connectivity index is 2.27. The first-order chi connectivity index (χ1) is 12.4. The van der Waals surface area contributed by atoms with Crippen LogP contribution in [0.1, 0.15) is 74.9 Å². The van der Waals surface area contributed by atoms with Crippen LogP contribution in [0.2, 0.25) is 0 Å². The average Bonchev–Trinajstić information content (AvgIpc) is 2.48. The van der Waals surface area contributed by atoms with Crippen molar-refractivity contribution in [2.45, 2.75) is 72.6 Å². The van der Waals surface area contributed by atoms with Gasteiger partial charge in [0.25, 0.3) is 11.8 Å². The van der Waals surface area contributed by atoms with Crippen molar-refractivity contribution in [3.05, 3.63) is 57.6 Å². The van der Waals surface area contributed by atoms with Crippen molar-refractivity contribution >= 4 is 19.0 Å². The van der Waals surface area contributed by atoms with Crippen LogP contribution in [0.5, 0.6) is 11.5 Å². The molecule has 2 aromatic rings. The zero-order valence-electron chi connectivity index (χ0n) is 17.7. The largest absolute Gasteiger partial charge is 0.627 e. The second-order valence-corrected chi connectivity index (χ2v) is 11.4. The van der Waals surface area contributed by atoms with Gasteiger partial charge in [-0.15, -0.1) is 0 Å². The van der Waals surface area contributed by atoms with Gasteiger partial charge in [-0.05, 0) is 24.7 Å². The Labute approximate surface area is 169 Å². The van der Waals surface area contributed by atoms with Crippen molar-refractivity contribution in [1.82, 2.24) is 0 Å². The maximum atomic E-state index is 6.26. The highest BCUT2D eigenvalue weighted by molar-refractivity contribution is 8.01. The Morgan fingerprint density at radius 1 is 0.741 bits per heavy atom. The van der Waals surface area contributed by atoms with Crippen molar-refractivity contribution in [3.63, 3.8) is 0 Å². The van der Waals surface area contributed by atoms with Crippen LogP contribution in [-0.4, -0.2) is 0 Å². The highest BCUT2D eigenvalue weighted by atomic mass is 32.4. The second-order valence-electron chi connectivity index (χ2n) is 9.68. The third-order valence-corrected chi connectivity index (χ3v) is 6.06. The Morgan fingerprint density at radius 2 is 1.11 bits per heavy atom. The molecule has 0 saturated heterocycles. The van der Waals surface area contributed by atoms with Gasteiger partial charge in [-0.1, -0.05) is 76.9 Å². The Hall–Kier alpha value is -1.44. The molecule has 2 aromatic carbocycles. The van der Waals surface area contributed by atoms with Gasteiger partial charge in [-0.25, -0.2) is 9.05 Å². The summed E-state index contributed by atoms with van der Waals surface area (Å²) in [5, 5.41) is 0. The SMILES string of the molecule is Cc1cc2c(c(C(C)(C)C)c1)O[P+](=S)Oc1c(cc(C)cc1C(C)(C)C)C2. The third kappa shape index (κ3) is 4.20. The molecule has 0 aliphatic carbocycles.